The van der Waals surface area contributed by atoms with Crippen LogP contribution < -0.4 is 10.3 Å². The molecule has 1 amide bonds. The number of hydrogen-bond acceptors (Lipinski definition) is 5. The standard InChI is InChI=1S/C26H26FN3O4S/c1-16(35-18-5-3-2-4-6-18)25(32)29-11-9-28(10-12-29)23-14-22-19(13-21(23)27)24(31)20(26(33)34)15-30(22)17-7-8-17/h2-6,13-17H,7-12H2,1H3,(H,33,34). The molecular weight excluding hydrogens is 469 g/mol. The number of rotatable bonds is 6. The smallest absolute Gasteiger partial charge is 0.341 e. The fourth-order valence-corrected chi connectivity index (χ4v) is 5.56. The van der Waals surface area contributed by atoms with Gasteiger partial charge in [0.1, 0.15) is 11.4 Å². The minimum Gasteiger partial charge on any atom is -0.477 e. The van der Waals surface area contributed by atoms with Gasteiger partial charge >= 0.3 is 5.97 Å². The van der Waals surface area contributed by atoms with Crippen molar-refractivity contribution in [2.24, 2.45) is 0 Å². The van der Waals surface area contributed by atoms with Gasteiger partial charge in [0, 0.05) is 48.7 Å². The average Bonchev–Trinajstić information content (AvgIpc) is 3.70. The Balaban J connectivity index is 1.35. The molecule has 2 aromatic carbocycles. The van der Waals surface area contributed by atoms with E-state index in [4.69, 9.17) is 0 Å². The normalized spacial score (nSPS) is 17.0. The van der Waals surface area contributed by atoms with Gasteiger partial charge in [-0.1, -0.05) is 18.2 Å². The van der Waals surface area contributed by atoms with E-state index >= 15 is 4.39 Å². The van der Waals surface area contributed by atoms with Crippen molar-refractivity contribution in [1.82, 2.24) is 9.47 Å². The highest BCUT2D eigenvalue weighted by Gasteiger charge is 2.30. The van der Waals surface area contributed by atoms with Crippen molar-refractivity contribution in [3.63, 3.8) is 0 Å². The van der Waals surface area contributed by atoms with E-state index in [9.17, 15) is 19.5 Å². The number of pyridine rings is 1. The third-order valence-electron chi connectivity index (χ3n) is 6.61. The molecule has 1 saturated heterocycles. The molecule has 0 spiro atoms. The Morgan fingerprint density at radius 2 is 1.77 bits per heavy atom. The Morgan fingerprint density at radius 1 is 1.09 bits per heavy atom. The maximum atomic E-state index is 15.2. The molecule has 35 heavy (non-hydrogen) atoms. The van der Waals surface area contributed by atoms with Gasteiger partial charge < -0.3 is 19.5 Å². The van der Waals surface area contributed by atoms with Crippen molar-refractivity contribution in [2.45, 2.75) is 36.0 Å². The van der Waals surface area contributed by atoms with Crippen molar-refractivity contribution >= 4 is 40.2 Å². The summed E-state index contributed by atoms with van der Waals surface area (Å²) in [6.07, 6.45) is 3.17. The van der Waals surface area contributed by atoms with E-state index in [-0.39, 0.29) is 28.1 Å². The fourth-order valence-electron chi connectivity index (χ4n) is 4.59. The van der Waals surface area contributed by atoms with Gasteiger partial charge in [0.25, 0.3) is 0 Å². The summed E-state index contributed by atoms with van der Waals surface area (Å²) in [7, 11) is 0. The molecule has 2 heterocycles. The molecule has 1 aliphatic heterocycles. The second kappa shape index (κ2) is 9.37. The molecule has 1 aliphatic carbocycles. The van der Waals surface area contributed by atoms with Crippen molar-refractivity contribution in [3.8, 4) is 0 Å². The molecule has 1 atom stereocenters. The highest BCUT2D eigenvalue weighted by Crippen LogP contribution is 2.38. The Bertz CT molecular complexity index is 1350. The number of benzene rings is 2. The number of hydrogen-bond donors (Lipinski definition) is 1. The monoisotopic (exact) mass is 495 g/mol. The van der Waals surface area contributed by atoms with Crippen LogP contribution in [0.2, 0.25) is 0 Å². The van der Waals surface area contributed by atoms with Gasteiger partial charge in [0.2, 0.25) is 11.3 Å². The van der Waals surface area contributed by atoms with Crippen LogP contribution in [0.3, 0.4) is 0 Å². The summed E-state index contributed by atoms with van der Waals surface area (Å²) in [5.74, 6) is -1.82. The first-order valence-electron chi connectivity index (χ1n) is 11.7. The summed E-state index contributed by atoms with van der Waals surface area (Å²) < 4.78 is 17.0. The second-order valence-corrected chi connectivity index (χ2v) is 10.4. The van der Waals surface area contributed by atoms with Crippen molar-refractivity contribution in [2.75, 3.05) is 31.1 Å². The molecule has 2 aliphatic rings. The summed E-state index contributed by atoms with van der Waals surface area (Å²) in [6.45, 7) is 3.79. The van der Waals surface area contributed by atoms with Crippen LogP contribution in [0.15, 0.2) is 58.4 Å². The van der Waals surface area contributed by atoms with Gasteiger partial charge in [-0.15, -0.1) is 11.8 Å². The first kappa shape index (κ1) is 23.4. The van der Waals surface area contributed by atoms with Crippen molar-refractivity contribution in [3.05, 3.63) is 70.3 Å². The van der Waals surface area contributed by atoms with Crippen LogP contribution in [0.1, 0.15) is 36.2 Å². The lowest BCUT2D eigenvalue weighted by Crippen LogP contribution is -2.50. The average molecular weight is 496 g/mol. The van der Waals surface area contributed by atoms with Crippen LogP contribution in [0.5, 0.6) is 0 Å². The number of piperazine rings is 1. The number of carbonyl (C=O) groups is 2. The Hall–Kier alpha value is -3.33. The maximum absolute atomic E-state index is 15.2. The van der Waals surface area contributed by atoms with E-state index in [1.165, 1.54) is 18.0 Å². The summed E-state index contributed by atoms with van der Waals surface area (Å²) in [4.78, 5) is 42.0. The van der Waals surface area contributed by atoms with E-state index < -0.39 is 17.2 Å². The SMILES string of the molecule is CC(Sc1ccccc1)C(=O)N1CCN(c2cc3c(cc2F)c(=O)c(C(=O)O)cn3C2CC2)CC1. The zero-order valence-corrected chi connectivity index (χ0v) is 20.1. The molecule has 3 aromatic rings. The van der Waals surface area contributed by atoms with Crippen LogP contribution in [-0.2, 0) is 4.79 Å². The quantitative estimate of drug-likeness (QED) is 0.521. The Morgan fingerprint density at radius 3 is 2.40 bits per heavy atom. The Kier molecular flexibility index (Phi) is 6.27. The van der Waals surface area contributed by atoms with Crippen LogP contribution in [0, 0.1) is 5.82 Å². The highest BCUT2D eigenvalue weighted by atomic mass is 32.2. The zero-order valence-electron chi connectivity index (χ0n) is 19.3. The first-order chi connectivity index (χ1) is 16.8. The third-order valence-corrected chi connectivity index (χ3v) is 7.71. The fraction of sp³-hybridized carbons (Fsp3) is 0.346. The number of anilines is 1. The van der Waals surface area contributed by atoms with Gasteiger partial charge in [0.05, 0.1) is 16.5 Å². The van der Waals surface area contributed by atoms with E-state index in [2.05, 4.69) is 0 Å². The number of carbonyl (C=O) groups excluding carboxylic acids is 1. The summed E-state index contributed by atoms with van der Waals surface area (Å²) in [5, 5.41) is 9.28. The van der Waals surface area contributed by atoms with E-state index in [0.29, 0.717) is 37.4 Å². The number of thioether (sulfide) groups is 1. The van der Waals surface area contributed by atoms with Crippen LogP contribution >= 0.6 is 11.8 Å². The summed E-state index contributed by atoms with van der Waals surface area (Å²) in [6, 6.07) is 12.7. The van der Waals surface area contributed by atoms with E-state index in [1.54, 1.807) is 10.6 Å². The number of carboxylic acids is 1. The van der Waals surface area contributed by atoms with E-state index in [0.717, 1.165) is 23.8 Å². The molecule has 1 saturated carbocycles. The molecule has 1 N–H and O–H groups in total. The lowest BCUT2D eigenvalue weighted by molar-refractivity contribution is -0.130. The van der Waals surface area contributed by atoms with Crippen molar-refractivity contribution in [1.29, 1.82) is 0 Å². The van der Waals surface area contributed by atoms with Gasteiger partial charge in [-0.05, 0) is 44.0 Å². The number of fused-ring (bicyclic) bond motifs is 1. The highest BCUT2D eigenvalue weighted by molar-refractivity contribution is 8.00. The largest absolute Gasteiger partial charge is 0.477 e. The molecular formula is C26H26FN3O4S. The number of aromatic carboxylic acids is 1. The lowest BCUT2D eigenvalue weighted by Gasteiger charge is -2.37. The number of halogens is 1. The van der Waals surface area contributed by atoms with Gasteiger partial charge in [-0.3, -0.25) is 9.59 Å². The number of amides is 1. The van der Waals surface area contributed by atoms with E-state index in [1.807, 2.05) is 47.1 Å². The molecule has 1 unspecified atom stereocenters. The van der Waals surface area contributed by atoms with Gasteiger partial charge in [-0.2, -0.15) is 0 Å². The topological polar surface area (TPSA) is 82.8 Å². The van der Waals surface area contributed by atoms with Crippen LogP contribution in [-0.4, -0.2) is 57.9 Å². The second-order valence-electron chi connectivity index (χ2n) is 9.02. The zero-order chi connectivity index (χ0) is 24.7. The molecule has 0 radical (unpaired) electrons. The lowest BCUT2D eigenvalue weighted by atomic mass is 10.1. The van der Waals surface area contributed by atoms with Gasteiger partial charge in [-0.25, -0.2) is 9.18 Å². The Labute approximate surface area is 206 Å². The molecule has 9 heteroatoms. The minimum absolute atomic E-state index is 0.0567. The summed E-state index contributed by atoms with van der Waals surface area (Å²) in [5.41, 5.74) is -0.0974. The van der Waals surface area contributed by atoms with Crippen molar-refractivity contribution < 1.29 is 19.1 Å². The first-order valence-corrected chi connectivity index (χ1v) is 12.6. The number of nitrogens with zero attached hydrogens (tertiary/aromatic N) is 3. The molecule has 0 bridgehead atoms. The van der Waals surface area contributed by atoms with Crippen LogP contribution in [0.4, 0.5) is 10.1 Å². The number of aromatic nitrogens is 1. The van der Waals surface area contributed by atoms with Gasteiger partial charge in [0.15, 0.2) is 0 Å². The number of carboxylic acid groups (broad SMARTS) is 1. The predicted octanol–water partition coefficient (Wildman–Crippen LogP) is 4.00. The molecule has 5 rings (SSSR count). The predicted molar refractivity (Wildman–Crippen MR) is 134 cm³/mol. The third kappa shape index (κ3) is 4.65. The maximum Gasteiger partial charge on any atom is 0.341 e. The summed E-state index contributed by atoms with van der Waals surface area (Å²) >= 11 is 1.52. The molecule has 182 valence electrons. The minimum atomic E-state index is -1.31. The molecule has 2 fully saturated rings. The van der Waals surface area contributed by atoms with Crippen LogP contribution in [0.25, 0.3) is 10.9 Å². The molecule has 1 aromatic heterocycles. The molecule has 7 nitrogen and oxygen atoms in total.